The highest BCUT2D eigenvalue weighted by Gasteiger charge is 2.10. The summed E-state index contributed by atoms with van der Waals surface area (Å²) < 4.78 is 10.9. The number of nitriles is 1. The van der Waals surface area contributed by atoms with Crippen LogP contribution >= 0.6 is 0 Å². The molecule has 0 aliphatic carbocycles. The second-order valence-electron chi connectivity index (χ2n) is 3.91. The summed E-state index contributed by atoms with van der Waals surface area (Å²) in [4.78, 5) is 2.30. The third kappa shape index (κ3) is 3.45. The third-order valence-corrected chi connectivity index (χ3v) is 2.78. The Bertz CT molecular complexity index is 395. The van der Waals surface area contributed by atoms with Gasteiger partial charge < -0.3 is 9.47 Å². The van der Waals surface area contributed by atoms with E-state index in [0.29, 0.717) is 17.9 Å². The highest BCUT2D eigenvalue weighted by Crippen LogP contribution is 2.16. The minimum Gasteiger partial charge on any atom is -0.491 e. The van der Waals surface area contributed by atoms with Crippen molar-refractivity contribution in [2.45, 2.75) is 0 Å². The Morgan fingerprint density at radius 3 is 2.82 bits per heavy atom. The van der Waals surface area contributed by atoms with Crippen LogP contribution in [0.3, 0.4) is 0 Å². The van der Waals surface area contributed by atoms with Crippen molar-refractivity contribution in [3.63, 3.8) is 0 Å². The molecule has 1 aromatic carbocycles. The molecule has 4 nitrogen and oxygen atoms in total. The first kappa shape index (κ1) is 11.9. The number of para-hydroxylation sites is 1. The lowest BCUT2D eigenvalue weighted by Crippen LogP contribution is -2.38. The Hall–Kier alpha value is -1.57. The molecule has 90 valence electrons. The van der Waals surface area contributed by atoms with Crippen molar-refractivity contribution in [3.05, 3.63) is 29.8 Å². The minimum atomic E-state index is 0.592. The Kier molecular flexibility index (Phi) is 4.37. The molecule has 2 rings (SSSR count). The highest BCUT2D eigenvalue weighted by atomic mass is 16.5. The van der Waals surface area contributed by atoms with E-state index in [1.54, 1.807) is 6.07 Å². The molecule has 1 saturated heterocycles. The number of nitrogens with zero attached hydrogens (tertiary/aromatic N) is 2. The standard InChI is InChI=1S/C13H16N2O2/c14-11-12-3-1-2-4-13(12)17-10-7-15-5-8-16-9-6-15/h1-4H,5-10H2. The Morgan fingerprint density at radius 1 is 1.29 bits per heavy atom. The van der Waals surface area contributed by atoms with Crippen LogP contribution in [0.2, 0.25) is 0 Å². The molecule has 1 heterocycles. The van der Waals surface area contributed by atoms with Crippen LogP contribution in [0.1, 0.15) is 5.56 Å². The number of morpholine rings is 1. The molecule has 0 amide bonds. The Morgan fingerprint density at radius 2 is 2.06 bits per heavy atom. The summed E-state index contributed by atoms with van der Waals surface area (Å²) in [6, 6.07) is 9.45. The predicted octanol–water partition coefficient (Wildman–Crippen LogP) is 1.27. The summed E-state index contributed by atoms with van der Waals surface area (Å²) in [7, 11) is 0. The molecular formula is C13H16N2O2. The van der Waals surface area contributed by atoms with Gasteiger partial charge in [0.2, 0.25) is 0 Å². The van der Waals surface area contributed by atoms with Crippen LogP contribution in [-0.2, 0) is 4.74 Å². The molecule has 1 aliphatic rings. The average molecular weight is 232 g/mol. The maximum atomic E-state index is 8.91. The molecule has 1 aliphatic heterocycles. The lowest BCUT2D eigenvalue weighted by Gasteiger charge is -2.26. The van der Waals surface area contributed by atoms with E-state index in [1.165, 1.54) is 0 Å². The Labute approximate surface area is 101 Å². The molecule has 0 unspecified atom stereocenters. The largest absolute Gasteiger partial charge is 0.491 e. The molecule has 0 bridgehead atoms. The van der Waals surface area contributed by atoms with Gasteiger partial charge in [-0.1, -0.05) is 12.1 Å². The normalized spacial score (nSPS) is 16.4. The molecule has 4 heteroatoms. The third-order valence-electron chi connectivity index (χ3n) is 2.78. The first-order chi connectivity index (χ1) is 8.40. The van der Waals surface area contributed by atoms with Gasteiger partial charge in [0.15, 0.2) is 0 Å². The van der Waals surface area contributed by atoms with E-state index in [1.807, 2.05) is 18.2 Å². The summed E-state index contributed by atoms with van der Waals surface area (Å²) >= 11 is 0. The van der Waals surface area contributed by atoms with Gasteiger partial charge in [-0.25, -0.2) is 0 Å². The first-order valence-corrected chi connectivity index (χ1v) is 5.82. The van der Waals surface area contributed by atoms with Gasteiger partial charge >= 0.3 is 0 Å². The van der Waals surface area contributed by atoms with E-state index >= 15 is 0 Å². The summed E-state index contributed by atoms with van der Waals surface area (Å²) in [6.07, 6.45) is 0. The van der Waals surface area contributed by atoms with Crippen molar-refractivity contribution < 1.29 is 9.47 Å². The van der Waals surface area contributed by atoms with Gasteiger partial charge in [-0.3, -0.25) is 4.90 Å². The molecular weight excluding hydrogens is 216 g/mol. The summed E-state index contributed by atoms with van der Waals surface area (Å²) in [6.45, 7) is 5.01. The zero-order valence-electron chi connectivity index (χ0n) is 9.76. The van der Waals surface area contributed by atoms with E-state index in [-0.39, 0.29) is 0 Å². The minimum absolute atomic E-state index is 0.592. The van der Waals surface area contributed by atoms with Gasteiger partial charge in [0.25, 0.3) is 0 Å². The maximum absolute atomic E-state index is 8.91. The van der Waals surface area contributed by atoms with Gasteiger partial charge in [-0.15, -0.1) is 0 Å². The monoisotopic (exact) mass is 232 g/mol. The van der Waals surface area contributed by atoms with Crippen molar-refractivity contribution in [3.8, 4) is 11.8 Å². The lowest BCUT2D eigenvalue weighted by molar-refractivity contribution is 0.0322. The maximum Gasteiger partial charge on any atom is 0.137 e. The van der Waals surface area contributed by atoms with Crippen molar-refractivity contribution >= 4 is 0 Å². The smallest absolute Gasteiger partial charge is 0.137 e. The SMILES string of the molecule is N#Cc1ccccc1OCCN1CCOCC1. The van der Waals surface area contributed by atoms with Gasteiger partial charge in [0, 0.05) is 19.6 Å². The fourth-order valence-corrected chi connectivity index (χ4v) is 1.79. The number of benzene rings is 1. The van der Waals surface area contributed by atoms with Crippen LogP contribution in [0.15, 0.2) is 24.3 Å². The topological polar surface area (TPSA) is 45.5 Å². The van der Waals surface area contributed by atoms with Crippen molar-refractivity contribution in [1.82, 2.24) is 4.90 Å². The van der Waals surface area contributed by atoms with Crippen LogP contribution in [-0.4, -0.2) is 44.4 Å². The van der Waals surface area contributed by atoms with Gasteiger partial charge in [-0.05, 0) is 12.1 Å². The number of hydrogen-bond donors (Lipinski definition) is 0. The second kappa shape index (κ2) is 6.24. The summed E-state index contributed by atoms with van der Waals surface area (Å²) in [5, 5.41) is 8.91. The molecule has 0 N–H and O–H groups in total. The van der Waals surface area contributed by atoms with Gasteiger partial charge in [-0.2, -0.15) is 5.26 Å². The zero-order chi connectivity index (χ0) is 11.9. The summed E-state index contributed by atoms with van der Waals surface area (Å²) in [5.74, 6) is 0.670. The van der Waals surface area contributed by atoms with E-state index < -0.39 is 0 Å². The second-order valence-corrected chi connectivity index (χ2v) is 3.91. The van der Waals surface area contributed by atoms with Gasteiger partial charge in [0.1, 0.15) is 18.4 Å². The van der Waals surface area contributed by atoms with Crippen LogP contribution in [0.5, 0.6) is 5.75 Å². The van der Waals surface area contributed by atoms with Gasteiger partial charge in [0.05, 0.1) is 18.8 Å². The number of rotatable bonds is 4. The van der Waals surface area contributed by atoms with E-state index in [0.717, 1.165) is 32.8 Å². The van der Waals surface area contributed by atoms with E-state index in [9.17, 15) is 0 Å². The van der Waals surface area contributed by atoms with Crippen LogP contribution in [0.4, 0.5) is 0 Å². The molecule has 0 aromatic heterocycles. The van der Waals surface area contributed by atoms with Crippen molar-refractivity contribution in [2.24, 2.45) is 0 Å². The fraction of sp³-hybridized carbons (Fsp3) is 0.462. The van der Waals surface area contributed by atoms with Crippen molar-refractivity contribution in [2.75, 3.05) is 39.5 Å². The quantitative estimate of drug-likeness (QED) is 0.784. The molecule has 1 fully saturated rings. The molecule has 1 aromatic rings. The lowest BCUT2D eigenvalue weighted by atomic mass is 10.2. The molecule has 17 heavy (non-hydrogen) atoms. The number of ether oxygens (including phenoxy) is 2. The van der Waals surface area contributed by atoms with E-state index in [4.69, 9.17) is 14.7 Å². The average Bonchev–Trinajstić information content (AvgIpc) is 2.40. The van der Waals surface area contributed by atoms with Crippen LogP contribution < -0.4 is 4.74 Å². The molecule has 0 atom stereocenters. The fourth-order valence-electron chi connectivity index (χ4n) is 1.79. The van der Waals surface area contributed by atoms with E-state index in [2.05, 4.69) is 11.0 Å². The molecule has 0 saturated carbocycles. The first-order valence-electron chi connectivity index (χ1n) is 5.82. The molecule has 0 spiro atoms. The highest BCUT2D eigenvalue weighted by molar-refractivity contribution is 5.42. The predicted molar refractivity (Wildman–Crippen MR) is 63.9 cm³/mol. The van der Waals surface area contributed by atoms with Crippen LogP contribution in [0, 0.1) is 11.3 Å². The number of hydrogen-bond acceptors (Lipinski definition) is 4. The summed E-state index contributed by atoms with van der Waals surface area (Å²) in [5.41, 5.74) is 0.592. The molecule has 0 radical (unpaired) electrons. The zero-order valence-corrected chi connectivity index (χ0v) is 9.76. The Balaban J connectivity index is 1.79. The van der Waals surface area contributed by atoms with Crippen LogP contribution in [0.25, 0.3) is 0 Å². The van der Waals surface area contributed by atoms with Crippen molar-refractivity contribution in [1.29, 1.82) is 5.26 Å².